The first-order valence-electron chi connectivity index (χ1n) is 2.90. The average Bonchev–Trinajstić information content (AvgIpc) is 1.87. The fourth-order valence-electron chi connectivity index (χ4n) is 0. The number of nitriles is 1. The summed E-state index contributed by atoms with van der Waals surface area (Å²) < 4.78 is 9.33. The average molecular weight is 195 g/mol. The molecule has 0 saturated heterocycles. The van der Waals surface area contributed by atoms with Crippen LogP contribution in [0.4, 0.5) is 0 Å². The van der Waals surface area contributed by atoms with Gasteiger partial charge >= 0.3 is 13.6 Å². The monoisotopic (exact) mass is 195 g/mol. The van der Waals surface area contributed by atoms with Crippen molar-refractivity contribution in [1.29, 1.82) is 5.26 Å². The predicted molar refractivity (Wildman–Crippen MR) is 40.1 cm³/mol. The molecule has 0 rings (SSSR count). The zero-order valence-electron chi connectivity index (χ0n) is 6.63. The highest BCUT2D eigenvalue weighted by atomic mass is 31.2. The Morgan fingerprint density at radius 2 is 1.67 bits per heavy atom. The third kappa shape index (κ3) is 16.1. The van der Waals surface area contributed by atoms with Crippen molar-refractivity contribution in [3.05, 3.63) is 0 Å². The Hall–Kier alpha value is -0.890. The van der Waals surface area contributed by atoms with Crippen molar-refractivity contribution in [2.75, 3.05) is 0 Å². The summed E-state index contributed by atoms with van der Waals surface area (Å²) in [5.74, 6) is -0.201. The molecule has 0 saturated carbocycles. The standard InChI is InChI=1S/C4H8O2.CH2NO3P/c1-3(2)4(5)6;2-1-6(3,4)5/h3H,1-2H3,(H,5,6);(H2,3,4,5). The first-order valence-corrected chi connectivity index (χ1v) is 4.51. The van der Waals surface area contributed by atoms with Gasteiger partial charge in [0.2, 0.25) is 0 Å². The van der Waals surface area contributed by atoms with Crippen LogP contribution in [0.3, 0.4) is 0 Å². The molecule has 0 unspecified atom stereocenters. The molecule has 0 radical (unpaired) electrons. The van der Waals surface area contributed by atoms with Crippen molar-refractivity contribution in [3.63, 3.8) is 0 Å². The second-order valence-electron chi connectivity index (χ2n) is 2.14. The van der Waals surface area contributed by atoms with Crippen molar-refractivity contribution in [3.8, 4) is 5.81 Å². The molecular weight excluding hydrogens is 185 g/mol. The van der Waals surface area contributed by atoms with Crippen LogP contribution in [0, 0.1) is 17.0 Å². The molecule has 0 aromatic carbocycles. The van der Waals surface area contributed by atoms with E-state index in [0.29, 0.717) is 0 Å². The highest BCUT2D eigenvalue weighted by Crippen LogP contribution is 2.30. The lowest BCUT2D eigenvalue weighted by atomic mass is 10.2. The summed E-state index contributed by atoms with van der Waals surface area (Å²) in [6.45, 7) is 3.28. The Balaban J connectivity index is 0. The maximum absolute atomic E-state index is 9.70. The number of rotatable bonds is 1. The number of aliphatic carboxylic acids is 1. The third-order valence-corrected chi connectivity index (χ3v) is 0.885. The zero-order valence-corrected chi connectivity index (χ0v) is 7.52. The van der Waals surface area contributed by atoms with Crippen LogP contribution in [0.2, 0.25) is 0 Å². The van der Waals surface area contributed by atoms with E-state index >= 15 is 0 Å². The van der Waals surface area contributed by atoms with Crippen LogP contribution in [0.5, 0.6) is 0 Å². The maximum Gasteiger partial charge on any atom is 0.426 e. The van der Waals surface area contributed by atoms with E-state index in [-0.39, 0.29) is 5.92 Å². The molecule has 7 heteroatoms. The number of carboxylic acid groups (broad SMARTS) is 1. The van der Waals surface area contributed by atoms with Gasteiger partial charge < -0.3 is 14.9 Å². The minimum Gasteiger partial charge on any atom is -0.481 e. The molecular formula is C5H10NO5P. The highest BCUT2D eigenvalue weighted by Gasteiger charge is 2.06. The van der Waals surface area contributed by atoms with Crippen LogP contribution in [0.15, 0.2) is 0 Å². The predicted octanol–water partition coefficient (Wildman–Crippen LogP) is 0.372. The molecule has 0 aromatic heterocycles. The van der Waals surface area contributed by atoms with Crippen LogP contribution < -0.4 is 0 Å². The van der Waals surface area contributed by atoms with E-state index in [9.17, 15) is 9.36 Å². The van der Waals surface area contributed by atoms with E-state index in [1.165, 1.54) is 0 Å². The summed E-state index contributed by atoms with van der Waals surface area (Å²) in [6, 6.07) is 0. The fraction of sp³-hybridized carbons (Fsp3) is 0.600. The Bertz CT molecular complexity index is 224. The lowest BCUT2D eigenvalue weighted by Crippen LogP contribution is -2.03. The smallest absolute Gasteiger partial charge is 0.426 e. The van der Waals surface area contributed by atoms with Crippen LogP contribution in [-0.2, 0) is 9.36 Å². The molecule has 0 aromatic rings. The van der Waals surface area contributed by atoms with E-state index in [2.05, 4.69) is 0 Å². The van der Waals surface area contributed by atoms with Gasteiger partial charge in [0.1, 0.15) is 0 Å². The molecule has 12 heavy (non-hydrogen) atoms. The molecule has 0 spiro atoms. The third-order valence-electron chi connectivity index (χ3n) is 0.624. The van der Waals surface area contributed by atoms with Crippen LogP contribution in [-0.4, -0.2) is 20.9 Å². The van der Waals surface area contributed by atoms with Gasteiger partial charge in [0, 0.05) is 0 Å². The lowest BCUT2D eigenvalue weighted by molar-refractivity contribution is -0.140. The van der Waals surface area contributed by atoms with Crippen LogP contribution in [0.25, 0.3) is 0 Å². The number of hydrogen-bond donors (Lipinski definition) is 3. The summed E-state index contributed by atoms with van der Waals surface area (Å²) in [5.41, 5.74) is 0. The summed E-state index contributed by atoms with van der Waals surface area (Å²) in [4.78, 5) is 24.9. The Kier molecular flexibility index (Phi) is 6.52. The molecule has 0 amide bonds. The quantitative estimate of drug-likeness (QED) is 0.520. The second kappa shape index (κ2) is 5.72. The van der Waals surface area contributed by atoms with Crippen molar-refractivity contribution < 1.29 is 24.3 Å². The van der Waals surface area contributed by atoms with E-state index in [1.54, 1.807) is 13.8 Å². The second-order valence-corrected chi connectivity index (χ2v) is 3.43. The number of carboxylic acids is 1. The molecule has 0 heterocycles. The van der Waals surface area contributed by atoms with E-state index in [0.717, 1.165) is 5.81 Å². The normalized spacial score (nSPS) is 9.67. The molecule has 0 fully saturated rings. The van der Waals surface area contributed by atoms with Crippen molar-refractivity contribution in [2.45, 2.75) is 13.8 Å². The summed E-state index contributed by atoms with van der Waals surface area (Å²) >= 11 is 0. The van der Waals surface area contributed by atoms with Gasteiger partial charge in [0.25, 0.3) is 0 Å². The molecule has 6 nitrogen and oxygen atoms in total. The maximum atomic E-state index is 9.70. The van der Waals surface area contributed by atoms with E-state index in [1.807, 2.05) is 0 Å². The van der Waals surface area contributed by atoms with Gasteiger partial charge in [-0.15, -0.1) is 0 Å². The molecule has 0 bridgehead atoms. The minimum absolute atomic E-state index is 0.231. The van der Waals surface area contributed by atoms with Gasteiger partial charge in [-0.25, -0.2) is 4.57 Å². The molecule has 70 valence electrons. The summed E-state index contributed by atoms with van der Waals surface area (Å²) in [7, 11) is -4.34. The fourth-order valence-corrected chi connectivity index (χ4v) is 0. The number of hydrogen-bond acceptors (Lipinski definition) is 3. The van der Waals surface area contributed by atoms with Gasteiger partial charge in [-0.1, -0.05) is 13.8 Å². The van der Waals surface area contributed by atoms with Gasteiger partial charge in [0.05, 0.1) is 5.92 Å². The Morgan fingerprint density at radius 3 is 1.67 bits per heavy atom. The van der Waals surface area contributed by atoms with E-state index < -0.39 is 13.6 Å². The summed E-state index contributed by atoms with van der Waals surface area (Å²) in [5, 5.41) is 15.4. The van der Waals surface area contributed by atoms with E-state index in [4.69, 9.17) is 20.2 Å². The Labute approximate surface area is 69.6 Å². The first kappa shape index (κ1) is 13.7. The lowest BCUT2D eigenvalue weighted by Gasteiger charge is -1.89. The first-order chi connectivity index (χ1) is 5.20. The molecule has 0 atom stereocenters. The number of nitrogens with zero attached hydrogens (tertiary/aromatic N) is 1. The molecule has 0 aliphatic heterocycles. The SMILES string of the molecule is CC(C)C(=O)O.N#CP(=O)(O)O. The zero-order chi connectivity index (χ0) is 10.4. The minimum atomic E-state index is -4.34. The molecule has 3 N–H and O–H groups in total. The molecule has 0 aliphatic carbocycles. The Morgan fingerprint density at radius 1 is 1.50 bits per heavy atom. The van der Waals surface area contributed by atoms with Crippen molar-refractivity contribution in [1.82, 2.24) is 0 Å². The van der Waals surface area contributed by atoms with Crippen LogP contribution in [0.1, 0.15) is 13.8 Å². The number of carbonyl (C=O) groups is 1. The topological polar surface area (TPSA) is 119 Å². The highest BCUT2D eigenvalue weighted by molar-refractivity contribution is 7.57. The van der Waals surface area contributed by atoms with Gasteiger partial charge in [-0.05, 0) is 0 Å². The van der Waals surface area contributed by atoms with Gasteiger partial charge in [0.15, 0.2) is 5.81 Å². The van der Waals surface area contributed by atoms with Gasteiger partial charge in [-0.3, -0.25) is 4.79 Å². The molecule has 0 aliphatic rings. The summed E-state index contributed by atoms with van der Waals surface area (Å²) in [6.07, 6.45) is 0. The largest absolute Gasteiger partial charge is 0.481 e. The van der Waals surface area contributed by atoms with Crippen molar-refractivity contribution in [2.24, 2.45) is 5.92 Å². The van der Waals surface area contributed by atoms with Gasteiger partial charge in [-0.2, -0.15) is 5.26 Å². The van der Waals surface area contributed by atoms with Crippen LogP contribution >= 0.6 is 7.60 Å². The van der Waals surface area contributed by atoms with Crippen molar-refractivity contribution >= 4 is 13.6 Å².